The van der Waals surface area contributed by atoms with Crippen molar-refractivity contribution in [1.82, 2.24) is 15.0 Å². The summed E-state index contributed by atoms with van der Waals surface area (Å²) in [6, 6.07) is 8.94. The van der Waals surface area contributed by atoms with E-state index in [0.717, 1.165) is 22.4 Å². The van der Waals surface area contributed by atoms with Crippen LogP contribution >= 0.6 is 17.0 Å². The van der Waals surface area contributed by atoms with Crippen LogP contribution in [-0.4, -0.2) is 20.1 Å². The number of halogens is 1. The first-order valence-corrected chi connectivity index (χ1v) is 4.92. The summed E-state index contributed by atoms with van der Waals surface area (Å²) in [6.07, 6.45) is 3.32. The maximum atomic E-state index is 9.21. The van der Waals surface area contributed by atoms with Gasteiger partial charge < -0.3 is 10.1 Å². The minimum Gasteiger partial charge on any atom is -0.508 e. The molecule has 0 saturated carbocycles. The van der Waals surface area contributed by atoms with Gasteiger partial charge in [-0.15, -0.1) is 17.0 Å². The van der Waals surface area contributed by atoms with Crippen LogP contribution < -0.4 is 0 Å². The second-order valence-corrected chi connectivity index (χ2v) is 3.52. The van der Waals surface area contributed by atoms with Gasteiger partial charge in [-0.05, 0) is 35.9 Å². The topological polar surface area (TPSA) is 61.8 Å². The van der Waals surface area contributed by atoms with Crippen LogP contribution in [0, 0.1) is 0 Å². The van der Waals surface area contributed by atoms with Crippen LogP contribution in [0.1, 0.15) is 0 Å². The average molecular weight is 292 g/mol. The lowest BCUT2D eigenvalue weighted by atomic mass is 10.1. The first kappa shape index (κ1) is 11.6. The Balaban J connectivity index is 0.00000108. The fourth-order valence-corrected chi connectivity index (χ4v) is 1.65. The third-order valence-electron chi connectivity index (χ3n) is 2.44. The highest BCUT2D eigenvalue weighted by Gasteiger charge is 2.04. The van der Waals surface area contributed by atoms with Crippen molar-refractivity contribution in [3.63, 3.8) is 0 Å². The van der Waals surface area contributed by atoms with Gasteiger partial charge in [-0.3, -0.25) is 4.98 Å². The number of phenolic OH excluding ortho intramolecular Hbond substituents is 1. The van der Waals surface area contributed by atoms with Crippen molar-refractivity contribution in [2.24, 2.45) is 0 Å². The van der Waals surface area contributed by atoms with Crippen LogP contribution in [0.5, 0.6) is 5.75 Å². The molecule has 0 fully saturated rings. The molecular formula is C12H10BrN3O. The van der Waals surface area contributed by atoms with Gasteiger partial charge in [0, 0.05) is 18.1 Å². The summed E-state index contributed by atoms with van der Waals surface area (Å²) in [5.41, 5.74) is 3.55. The van der Waals surface area contributed by atoms with Crippen LogP contribution in [-0.2, 0) is 0 Å². The summed E-state index contributed by atoms with van der Waals surface area (Å²) in [5, 5.41) is 9.21. The number of phenols is 1. The molecule has 0 radical (unpaired) electrons. The quantitative estimate of drug-likeness (QED) is 0.725. The van der Waals surface area contributed by atoms with Crippen LogP contribution in [0.15, 0.2) is 42.7 Å². The minimum atomic E-state index is 0. The van der Waals surface area contributed by atoms with E-state index in [0.29, 0.717) is 0 Å². The molecule has 0 aliphatic carbocycles. The van der Waals surface area contributed by atoms with Gasteiger partial charge >= 0.3 is 0 Å². The Morgan fingerprint density at radius 3 is 2.41 bits per heavy atom. The molecule has 0 saturated heterocycles. The fraction of sp³-hybridized carbons (Fsp3) is 0. The molecule has 0 bridgehead atoms. The molecule has 0 aliphatic heterocycles. The highest BCUT2D eigenvalue weighted by Crippen LogP contribution is 2.23. The minimum absolute atomic E-state index is 0. The molecule has 86 valence electrons. The van der Waals surface area contributed by atoms with E-state index in [2.05, 4.69) is 15.0 Å². The first-order valence-electron chi connectivity index (χ1n) is 4.92. The number of rotatable bonds is 1. The number of nitrogens with zero attached hydrogens (tertiary/aromatic N) is 2. The standard InChI is InChI=1S/C12H9N3O.BrH/c16-9-3-1-8(2-4-9)10-7-11-12(15-10)14-6-5-13-11;/h1-7,16H,(H,14,15);1H. The van der Waals surface area contributed by atoms with Crippen molar-refractivity contribution in [2.75, 3.05) is 0 Å². The zero-order valence-corrected chi connectivity index (χ0v) is 10.5. The summed E-state index contributed by atoms with van der Waals surface area (Å²) >= 11 is 0. The zero-order chi connectivity index (χ0) is 11.0. The predicted molar refractivity (Wildman–Crippen MR) is 71.3 cm³/mol. The second kappa shape index (κ2) is 4.55. The van der Waals surface area contributed by atoms with Crippen LogP contribution in [0.4, 0.5) is 0 Å². The molecule has 17 heavy (non-hydrogen) atoms. The number of fused-ring (bicyclic) bond motifs is 1. The Morgan fingerprint density at radius 1 is 1.00 bits per heavy atom. The molecule has 2 N–H and O–H groups in total. The zero-order valence-electron chi connectivity index (χ0n) is 8.79. The third kappa shape index (κ3) is 2.14. The molecule has 3 rings (SSSR count). The smallest absolute Gasteiger partial charge is 0.156 e. The van der Waals surface area contributed by atoms with Gasteiger partial charge in [-0.2, -0.15) is 0 Å². The summed E-state index contributed by atoms with van der Waals surface area (Å²) < 4.78 is 0. The number of H-pyrrole nitrogens is 1. The fourth-order valence-electron chi connectivity index (χ4n) is 1.65. The second-order valence-electron chi connectivity index (χ2n) is 3.52. The average Bonchev–Trinajstić information content (AvgIpc) is 2.73. The Kier molecular flexibility index (Phi) is 3.10. The van der Waals surface area contributed by atoms with Crippen LogP contribution in [0.2, 0.25) is 0 Å². The summed E-state index contributed by atoms with van der Waals surface area (Å²) in [7, 11) is 0. The van der Waals surface area contributed by atoms with Crippen molar-refractivity contribution in [3.8, 4) is 17.0 Å². The summed E-state index contributed by atoms with van der Waals surface area (Å²) in [5.74, 6) is 0.260. The van der Waals surface area contributed by atoms with Crippen molar-refractivity contribution in [2.45, 2.75) is 0 Å². The lowest BCUT2D eigenvalue weighted by molar-refractivity contribution is 0.475. The highest BCUT2D eigenvalue weighted by molar-refractivity contribution is 8.93. The number of aromatic nitrogens is 3. The van der Waals surface area contributed by atoms with Gasteiger partial charge in [0.05, 0.1) is 0 Å². The number of aromatic hydroxyl groups is 1. The van der Waals surface area contributed by atoms with Gasteiger partial charge in [-0.1, -0.05) is 0 Å². The Labute approximate surface area is 108 Å². The van der Waals surface area contributed by atoms with E-state index in [1.807, 2.05) is 18.2 Å². The van der Waals surface area contributed by atoms with Crippen molar-refractivity contribution in [1.29, 1.82) is 0 Å². The lowest BCUT2D eigenvalue weighted by Crippen LogP contribution is -1.78. The number of benzene rings is 1. The first-order chi connectivity index (χ1) is 7.83. The molecule has 5 heteroatoms. The molecule has 0 atom stereocenters. The predicted octanol–water partition coefficient (Wildman–Crippen LogP) is 2.91. The molecule has 2 aromatic heterocycles. The Hall–Kier alpha value is -1.88. The number of nitrogens with one attached hydrogen (secondary N) is 1. The van der Waals surface area contributed by atoms with Crippen molar-refractivity contribution >= 4 is 28.1 Å². The SMILES string of the molecule is Br.Oc1ccc(-c2cc3nccnc3[nH]2)cc1. The van der Waals surface area contributed by atoms with Gasteiger partial charge in [0.25, 0.3) is 0 Å². The molecule has 1 aromatic carbocycles. The largest absolute Gasteiger partial charge is 0.508 e. The van der Waals surface area contributed by atoms with E-state index in [1.54, 1.807) is 24.5 Å². The lowest BCUT2D eigenvalue weighted by Gasteiger charge is -1.96. The highest BCUT2D eigenvalue weighted by atomic mass is 79.9. The van der Waals surface area contributed by atoms with Gasteiger partial charge in [-0.25, -0.2) is 4.98 Å². The van der Waals surface area contributed by atoms with Crippen LogP contribution in [0.3, 0.4) is 0 Å². The molecule has 0 spiro atoms. The third-order valence-corrected chi connectivity index (χ3v) is 2.44. The normalized spacial score (nSPS) is 10.1. The number of hydrogen-bond acceptors (Lipinski definition) is 3. The Bertz CT molecular complexity index is 601. The van der Waals surface area contributed by atoms with Gasteiger partial charge in [0.2, 0.25) is 0 Å². The molecule has 0 unspecified atom stereocenters. The van der Waals surface area contributed by atoms with E-state index >= 15 is 0 Å². The molecule has 2 heterocycles. The molecule has 4 nitrogen and oxygen atoms in total. The van der Waals surface area contributed by atoms with E-state index < -0.39 is 0 Å². The van der Waals surface area contributed by atoms with Crippen molar-refractivity contribution < 1.29 is 5.11 Å². The summed E-state index contributed by atoms with van der Waals surface area (Å²) in [4.78, 5) is 11.6. The molecule has 0 aliphatic rings. The Morgan fingerprint density at radius 2 is 1.71 bits per heavy atom. The van der Waals surface area contributed by atoms with Gasteiger partial charge in [0.15, 0.2) is 5.65 Å². The summed E-state index contributed by atoms with van der Waals surface area (Å²) in [6.45, 7) is 0. The van der Waals surface area contributed by atoms with Gasteiger partial charge in [0.1, 0.15) is 11.3 Å². The maximum Gasteiger partial charge on any atom is 0.156 e. The molecule has 3 aromatic rings. The van der Waals surface area contributed by atoms with E-state index in [9.17, 15) is 5.11 Å². The van der Waals surface area contributed by atoms with E-state index in [1.165, 1.54) is 0 Å². The molecular weight excluding hydrogens is 282 g/mol. The van der Waals surface area contributed by atoms with Crippen LogP contribution in [0.25, 0.3) is 22.4 Å². The number of hydrogen-bond donors (Lipinski definition) is 2. The van der Waals surface area contributed by atoms with E-state index in [4.69, 9.17) is 0 Å². The number of aromatic amines is 1. The maximum absolute atomic E-state index is 9.21. The molecule has 0 amide bonds. The van der Waals surface area contributed by atoms with E-state index in [-0.39, 0.29) is 22.7 Å². The van der Waals surface area contributed by atoms with Crippen molar-refractivity contribution in [3.05, 3.63) is 42.7 Å². The monoisotopic (exact) mass is 291 g/mol.